The Kier molecular flexibility index (Phi) is 5.68. The van der Waals surface area contributed by atoms with Crippen molar-refractivity contribution in [3.63, 3.8) is 0 Å². The lowest BCUT2D eigenvalue weighted by Crippen LogP contribution is -2.43. The van der Waals surface area contributed by atoms with E-state index >= 15 is 0 Å². The lowest BCUT2D eigenvalue weighted by molar-refractivity contribution is -0.123. The second-order valence-corrected chi connectivity index (χ2v) is 2.93. The third kappa shape index (κ3) is 2.91. The molecule has 1 N–H and O–H groups in total. The van der Waals surface area contributed by atoms with Crippen LogP contribution in [0.3, 0.4) is 0 Å². The zero-order chi connectivity index (χ0) is 11.1. The van der Waals surface area contributed by atoms with E-state index in [1.165, 1.54) is 0 Å². The van der Waals surface area contributed by atoms with Crippen molar-refractivity contribution >= 4 is 5.91 Å². The minimum Gasteiger partial charge on any atom is -0.365 e. The average molecular weight is 196 g/mol. The van der Waals surface area contributed by atoms with Crippen LogP contribution in [0.15, 0.2) is 23.9 Å². The van der Waals surface area contributed by atoms with Crippen molar-refractivity contribution in [3.8, 4) is 0 Å². The summed E-state index contributed by atoms with van der Waals surface area (Å²) in [7, 11) is 3.55. The van der Waals surface area contributed by atoms with Gasteiger partial charge in [0.05, 0.1) is 0 Å². The van der Waals surface area contributed by atoms with Crippen molar-refractivity contribution in [1.82, 2.24) is 10.2 Å². The van der Waals surface area contributed by atoms with Gasteiger partial charge in [0.25, 0.3) is 0 Å². The molecule has 1 unspecified atom stereocenters. The first kappa shape index (κ1) is 12.8. The predicted molar refractivity (Wildman–Crippen MR) is 59.9 cm³/mol. The standard InChI is InChI=1S/C9H14N2O.C2H6/c1-7-5-4-6-11(3)8(7)9(12)10-2;1-2/h4-6,8H,1-3H3,(H,10,12);1-2H3. The number of hydrogen-bond donors (Lipinski definition) is 1. The van der Waals surface area contributed by atoms with Crippen molar-refractivity contribution in [2.75, 3.05) is 14.1 Å². The molecular weight excluding hydrogens is 176 g/mol. The molecule has 80 valence electrons. The van der Waals surface area contributed by atoms with Gasteiger partial charge in [-0.05, 0) is 24.8 Å². The number of amides is 1. The summed E-state index contributed by atoms with van der Waals surface area (Å²) in [6.45, 7) is 5.96. The zero-order valence-corrected chi connectivity index (χ0v) is 9.66. The van der Waals surface area contributed by atoms with E-state index in [2.05, 4.69) is 5.32 Å². The Labute approximate surface area is 86.5 Å². The maximum atomic E-state index is 11.4. The summed E-state index contributed by atoms with van der Waals surface area (Å²) < 4.78 is 0. The van der Waals surface area contributed by atoms with Crippen molar-refractivity contribution in [3.05, 3.63) is 23.9 Å². The van der Waals surface area contributed by atoms with Crippen LogP contribution in [0, 0.1) is 0 Å². The fourth-order valence-corrected chi connectivity index (χ4v) is 1.36. The molecule has 1 aliphatic rings. The third-order valence-electron chi connectivity index (χ3n) is 2.01. The van der Waals surface area contributed by atoms with E-state index in [9.17, 15) is 4.79 Å². The predicted octanol–water partition coefficient (Wildman–Crippen LogP) is 1.53. The average Bonchev–Trinajstić information content (AvgIpc) is 2.20. The minimum absolute atomic E-state index is 0.0376. The monoisotopic (exact) mass is 196 g/mol. The summed E-state index contributed by atoms with van der Waals surface area (Å²) in [5.41, 5.74) is 1.07. The Morgan fingerprint density at radius 2 is 2.07 bits per heavy atom. The highest BCUT2D eigenvalue weighted by molar-refractivity contribution is 5.85. The van der Waals surface area contributed by atoms with Gasteiger partial charge in [-0.2, -0.15) is 0 Å². The molecule has 1 rings (SSSR count). The molecule has 0 aromatic heterocycles. The Morgan fingerprint density at radius 3 is 2.50 bits per heavy atom. The third-order valence-corrected chi connectivity index (χ3v) is 2.01. The summed E-state index contributed by atoms with van der Waals surface area (Å²) in [5, 5.41) is 2.64. The van der Waals surface area contributed by atoms with Crippen molar-refractivity contribution in [2.45, 2.75) is 26.8 Å². The largest absolute Gasteiger partial charge is 0.365 e. The van der Waals surface area contributed by atoms with Crippen LogP contribution in [0.2, 0.25) is 0 Å². The number of allylic oxidation sites excluding steroid dienone is 2. The van der Waals surface area contributed by atoms with Crippen LogP contribution in [-0.2, 0) is 4.79 Å². The highest BCUT2D eigenvalue weighted by atomic mass is 16.2. The molecule has 0 aromatic rings. The molecule has 0 saturated carbocycles. The first-order chi connectivity index (χ1) is 6.66. The van der Waals surface area contributed by atoms with E-state index in [0.29, 0.717) is 0 Å². The van der Waals surface area contributed by atoms with Crippen LogP contribution in [-0.4, -0.2) is 30.9 Å². The van der Waals surface area contributed by atoms with Gasteiger partial charge in [0.1, 0.15) is 6.04 Å². The van der Waals surface area contributed by atoms with E-state index in [0.717, 1.165) is 5.57 Å². The quantitative estimate of drug-likeness (QED) is 0.690. The number of rotatable bonds is 1. The molecule has 0 aromatic carbocycles. The number of nitrogens with one attached hydrogen (secondary N) is 1. The van der Waals surface area contributed by atoms with Crippen molar-refractivity contribution in [1.29, 1.82) is 0 Å². The molecule has 0 aliphatic carbocycles. The van der Waals surface area contributed by atoms with Crippen LogP contribution in [0.4, 0.5) is 0 Å². The van der Waals surface area contributed by atoms with Gasteiger partial charge in [0.15, 0.2) is 0 Å². The highest BCUT2D eigenvalue weighted by Crippen LogP contribution is 2.13. The molecule has 3 heteroatoms. The van der Waals surface area contributed by atoms with E-state index in [1.807, 2.05) is 51.1 Å². The van der Waals surface area contributed by atoms with E-state index in [4.69, 9.17) is 0 Å². The van der Waals surface area contributed by atoms with Crippen LogP contribution >= 0.6 is 0 Å². The fraction of sp³-hybridized carbons (Fsp3) is 0.545. The molecule has 1 atom stereocenters. The smallest absolute Gasteiger partial charge is 0.246 e. The maximum absolute atomic E-state index is 11.4. The summed E-state index contributed by atoms with van der Waals surface area (Å²) in [6, 6.07) is -0.139. The molecule has 0 saturated heterocycles. The molecule has 0 fully saturated rings. The first-order valence-electron chi connectivity index (χ1n) is 4.95. The lowest BCUT2D eigenvalue weighted by atomic mass is 10.0. The maximum Gasteiger partial charge on any atom is 0.246 e. The molecule has 0 spiro atoms. The van der Waals surface area contributed by atoms with Gasteiger partial charge < -0.3 is 10.2 Å². The second-order valence-electron chi connectivity index (χ2n) is 2.93. The van der Waals surface area contributed by atoms with Crippen LogP contribution in [0.5, 0.6) is 0 Å². The second kappa shape index (κ2) is 6.24. The van der Waals surface area contributed by atoms with Crippen molar-refractivity contribution < 1.29 is 4.79 Å². The number of carbonyl (C=O) groups excluding carboxylic acids is 1. The normalized spacial score (nSPS) is 19.4. The van der Waals surface area contributed by atoms with Crippen LogP contribution < -0.4 is 5.32 Å². The number of nitrogens with zero attached hydrogens (tertiary/aromatic N) is 1. The summed E-state index contributed by atoms with van der Waals surface area (Å²) >= 11 is 0. The molecule has 0 bridgehead atoms. The van der Waals surface area contributed by atoms with Crippen molar-refractivity contribution in [2.24, 2.45) is 0 Å². The topological polar surface area (TPSA) is 32.3 Å². The Morgan fingerprint density at radius 1 is 1.50 bits per heavy atom. The SMILES string of the molecule is CC.CNC(=O)C1C(C)=CC=CN1C. The van der Waals surface area contributed by atoms with E-state index < -0.39 is 0 Å². The molecular formula is C11H20N2O. The van der Waals surface area contributed by atoms with Gasteiger partial charge in [-0.3, -0.25) is 4.79 Å². The van der Waals surface area contributed by atoms with Gasteiger partial charge in [-0.25, -0.2) is 0 Å². The Bertz CT molecular complexity index is 244. The van der Waals surface area contributed by atoms with E-state index in [1.54, 1.807) is 7.05 Å². The molecule has 1 aliphatic heterocycles. The first-order valence-corrected chi connectivity index (χ1v) is 4.95. The minimum atomic E-state index is -0.139. The summed E-state index contributed by atoms with van der Waals surface area (Å²) in [4.78, 5) is 13.3. The van der Waals surface area contributed by atoms with Gasteiger partial charge in [-0.15, -0.1) is 0 Å². The number of carbonyl (C=O) groups is 1. The van der Waals surface area contributed by atoms with Crippen LogP contribution in [0.1, 0.15) is 20.8 Å². The fourth-order valence-electron chi connectivity index (χ4n) is 1.36. The van der Waals surface area contributed by atoms with Gasteiger partial charge in [0, 0.05) is 14.1 Å². The molecule has 0 radical (unpaired) electrons. The number of hydrogen-bond acceptors (Lipinski definition) is 2. The summed E-state index contributed by atoms with van der Waals surface area (Å²) in [5.74, 6) is 0.0376. The van der Waals surface area contributed by atoms with Crippen LogP contribution in [0.25, 0.3) is 0 Å². The highest BCUT2D eigenvalue weighted by Gasteiger charge is 2.22. The van der Waals surface area contributed by atoms with E-state index in [-0.39, 0.29) is 11.9 Å². The lowest BCUT2D eigenvalue weighted by Gasteiger charge is -2.28. The van der Waals surface area contributed by atoms with Gasteiger partial charge >= 0.3 is 0 Å². The summed E-state index contributed by atoms with van der Waals surface area (Å²) in [6.07, 6.45) is 5.79. The molecule has 3 nitrogen and oxygen atoms in total. The Hall–Kier alpha value is -1.25. The van der Waals surface area contributed by atoms with Gasteiger partial charge in [-0.1, -0.05) is 19.9 Å². The molecule has 14 heavy (non-hydrogen) atoms. The zero-order valence-electron chi connectivity index (χ0n) is 9.66. The Balaban J connectivity index is 0.000000791. The molecule has 1 heterocycles. The molecule has 1 amide bonds. The number of likely N-dealkylation sites (N-methyl/N-ethyl adjacent to an activating group) is 2. The van der Waals surface area contributed by atoms with Gasteiger partial charge in [0.2, 0.25) is 5.91 Å².